The molecule has 1 N–H and O–H groups in total. The molecule has 0 saturated carbocycles. The minimum absolute atomic E-state index is 0.433. The van der Waals surface area contributed by atoms with Crippen LogP contribution in [0.3, 0.4) is 0 Å². The second-order valence-electron chi connectivity index (χ2n) is 8.68. The first-order chi connectivity index (χ1) is 15.2. The summed E-state index contributed by atoms with van der Waals surface area (Å²) in [5.41, 5.74) is 3.55. The van der Waals surface area contributed by atoms with E-state index < -0.39 is 6.23 Å². The van der Waals surface area contributed by atoms with E-state index in [1.165, 1.54) is 21.9 Å². The number of hydrogen-bond acceptors (Lipinski definition) is 4. The van der Waals surface area contributed by atoms with Crippen LogP contribution < -0.4 is 4.90 Å². The number of fused-ring (bicyclic) bond motifs is 1. The number of rotatable bonds is 5. The van der Waals surface area contributed by atoms with Crippen molar-refractivity contribution in [3.05, 3.63) is 102 Å². The lowest BCUT2D eigenvalue weighted by Crippen LogP contribution is -2.33. The third-order valence-electron chi connectivity index (χ3n) is 6.28. The Labute approximate surface area is 184 Å². The van der Waals surface area contributed by atoms with Crippen molar-refractivity contribution in [1.29, 1.82) is 0 Å². The highest BCUT2D eigenvalue weighted by Gasteiger charge is 2.29. The lowest BCUT2D eigenvalue weighted by atomic mass is 10.0. The van der Waals surface area contributed by atoms with Gasteiger partial charge >= 0.3 is 0 Å². The number of anilines is 1. The minimum Gasteiger partial charge on any atom is -0.370 e. The van der Waals surface area contributed by atoms with E-state index >= 15 is 0 Å². The van der Waals surface area contributed by atoms with Crippen molar-refractivity contribution >= 4 is 16.5 Å². The van der Waals surface area contributed by atoms with E-state index in [0.717, 1.165) is 31.9 Å². The van der Waals surface area contributed by atoms with Crippen LogP contribution in [0.5, 0.6) is 0 Å². The topological polar surface area (TPSA) is 30.0 Å². The van der Waals surface area contributed by atoms with Crippen LogP contribution in [0, 0.1) is 0 Å². The number of aliphatic hydroxyl groups excluding tert-OH is 1. The zero-order valence-corrected chi connectivity index (χ0v) is 17.9. The van der Waals surface area contributed by atoms with Crippen LogP contribution in [-0.4, -0.2) is 47.4 Å². The van der Waals surface area contributed by atoms with Gasteiger partial charge in [0.2, 0.25) is 0 Å². The number of benzene rings is 3. The van der Waals surface area contributed by atoms with Crippen molar-refractivity contribution in [3.8, 4) is 0 Å². The number of allylic oxidation sites excluding steroid dienone is 1. The lowest BCUT2D eigenvalue weighted by Gasteiger charge is -2.30. The van der Waals surface area contributed by atoms with Crippen molar-refractivity contribution in [3.63, 3.8) is 0 Å². The molecule has 3 aromatic carbocycles. The van der Waals surface area contributed by atoms with Crippen LogP contribution in [0.2, 0.25) is 0 Å². The van der Waals surface area contributed by atoms with E-state index in [2.05, 4.69) is 65.4 Å². The fourth-order valence-electron chi connectivity index (χ4n) is 4.74. The number of hydrogen-bond donors (Lipinski definition) is 1. The van der Waals surface area contributed by atoms with Gasteiger partial charge < -0.3 is 10.0 Å². The first kappa shape index (κ1) is 20.0. The van der Waals surface area contributed by atoms with Crippen LogP contribution in [0.25, 0.3) is 10.8 Å². The molecule has 0 amide bonds. The molecule has 2 heterocycles. The summed E-state index contributed by atoms with van der Waals surface area (Å²) in [7, 11) is 2.18. The monoisotopic (exact) mass is 411 g/mol. The fourth-order valence-corrected chi connectivity index (χ4v) is 4.74. The predicted octanol–water partition coefficient (Wildman–Crippen LogP) is 4.58. The van der Waals surface area contributed by atoms with E-state index in [-0.39, 0.29) is 0 Å². The second kappa shape index (κ2) is 8.67. The molecule has 2 aliphatic rings. The molecule has 3 aromatic rings. The van der Waals surface area contributed by atoms with Gasteiger partial charge in [0.05, 0.1) is 6.67 Å². The van der Waals surface area contributed by atoms with E-state index in [1.54, 1.807) is 0 Å². The Bertz CT molecular complexity index is 1110. The summed E-state index contributed by atoms with van der Waals surface area (Å²) in [6.45, 7) is 2.94. The molecule has 2 atom stereocenters. The van der Waals surface area contributed by atoms with Crippen molar-refractivity contribution < 1.29 is 5.11 Å². The summed E-state index contributed by atoms with van der Waals surface area (Å²) in [5.74, 6) is 0. The highest BCUT2D eigenvalue weighted by atomic mass is 16.3. The maximum absolute atomic E-state index is 10.7. The molecule has 4 nitrogen and oxygen atoms in total. The maximum Gasteiger partial charge on any atom is 0.150 e. The van der Waals surface area contributed by atoms with Gasteiger partial charge in [0.15, 0.2) is 6.23 Å². The quantitative estimate of drug-likeness (QED) is 0.666. The van der Waals surface area contributed by atoms with Gasteiger partial charge in [-0.25, -0.2) is 0 Å². The van der Waals surface area contributed by atoms with E-state index in [9.17, 15) is 5.11 Å². The zero-order valence-electron chi connectivity index (χ0n) is 17.9. The Morgan fingerprint density at radius 3 is 2.52 bits per heavy atom. The Morgan fingerprint density at radius 2 is 1.71 bits per heavy atom. The molecule has 0 bridgehead atoms. The van der Waals surface area contributed by atoms with Crippen molar-refractivity contribution in [2.24, 2.45) is 0 Å². The summed E-state index contributed by atoms with van der Waals surface area (Å²) < 4.78 is 0. The molecule has 4 heteroatoms. The summed E-state index contributed by atoms with van der Waals surface area (Å²) in [6.07, 6.45) is 6.44. The SMILES string of the molecule is CN1CC(CC2=CC(O)N(c3ccccc3)C=C2)N(Cc2ccc3ccccc3c2)C1. The van der Waals surface area contributed by atoms with Crippen LogP contribution in [0.15, 0.2) is 96.7 Å². The fraction of sp³-hybridized carbons (Fsp3) is 0.259. The van der Waals surface area contributed by atoms with E-state index in [4.69, 9.17) is 0 Å². The number of aliphatic hydroxyl groups is 1. The molecule has 1 saturated heterocycles. The highest BCUT2D eigenvalue weighted by molar-refractivity contribution is 5.82. The number of para-hydroxylation sites is 1. The van der Waals surface area contributed by atoms with Gasteiger partial charge in [-0.05, 0) is 65.7 Å². The summed E-state index contributed by atoms with van der Waals surface area (Å²) in [5, 5.41) is 13.3. The first-order valence-corrected chi connectivity index (χ1v) is 11.0. The molecule has 31 heavy (non-hydrogen) atoms. The van der Waals surface area contributed by atoms with Gasteiger partial charge in [0, 0.05) is 31.0 Å². The van der Waals surface area contributed by atoms with Gasteiger partial charge in [-0.2, -0.15) is 0 Å². The van der Waals surface area contributed by atoms with E-state index in [1.807, 2.05) is 47.5 Å². The van der Waals surface area contributed by atoms with Crippen LogP contribution in [0.4, 0.5) is 5.69 Å². The van der Waals surface area contributed by atoms with Gasteiger partial charge in [0.1, 0.15) is 0 Å². The zero-order chi connectivity index (χ0) is 21.2. The van der Waals surface area contributed by atoms with Crippen molar-refractivity contribution in [1.82, 2.24) is 9.80 Å². The smallest absolute Gasteiger partial charge is 0.150 e. The highest BCUT2D eigenvalue weighted by Crippen LogP contribution is 2.27. The normalized spacial score (nSPS) is 22.3. The lowest BCUT2D eigenvalue weighted by molar-refractivity contribution is 0.218. The molecular formula is C27H29N3O. The standard InChI is InChI=1S/C27H29N3O/c1-28-19-26(16-21-13-14-30(27(31)17-21)25-9-3-2-4-10-25)29(20-28)18-22-11-12-23-7-5-6-8-24(23)15-22/h2-15,17,26-27,31H,16,18-20H2,1H3. The minimum atomic E-state index is -0.629. The Kier molecular flexibility index (Phi) is 5.60. The largest absolute Gasteiger partial charge is 0.370 e. The molecule has 158 valence electrons. The van der Waals surface area contributed by atoms with E-state index in [0.29, 0.717) is 6.04 Å². The van der Waals surface area contributed by atoms with Crippen molar-refractivity contribution in [2.75, 3.05) is 25.2 Å². The average molecular weight is 412 g/mol. The molecule has 0 spiro atoms. The Balaban J connectivity index is 1.28. The van der Waals surface area contributed by atoms with Crippen LogP contribution in [-0.2, 0) is 6.54 Å². The van der Waals surface area contributed by atoms with Gasteiger partial charge in [-0.1, -0.05) is 54.6 Å². The summed E-state index contributed by atoms with van der Waals surface area (Å²) >= 11 is 0. The van der Waals surface area contributed by atoms with Gasteiger partial charge in [0.25, 0.3) is 0 Å². The first-order valence-electron chi connectivity index (χ1n) is 11.0. The average Bonchev–Trinajstić information content (AvgIpc) is 3.12. The molecular weight excluding hydrogens is 382 g/mol. The Morgan fingerprint density at radius 1 is 0.935 bits per heavy atom. The molecule has 2 aliphatic heterocycles. The molecule has 5 rings (SSSR count). The van der Waals surface area contributed by atoms with Crippen molar-refractivity contribution in [2.45, 2.75) is 25.2 Å². The molecule has 0 radical (unpaired) electrons. The molecule has 0 aromatic heterocycles. The molecule has 0 aliphatic carbocycles. The molecule has 1 fully saturated rings. The predicted molar refractivity (Wildman–Crippen MR) is 128 cm³/mol. The second-order valence-corrected chi connectivity index (χ2v) is 8.68. The number of nitrogens with zero attached hydrogens (tertiary/aromatic N) is 3. The number of likely N-dealkylation sites (N-methyl/N-ethyl adjacent to an activating group) is 1. The summed E-state index contributed by atoms with van der Waals surface area (Å²) in [4.78, 5) is 6.83. The van der Waals surface area contributed by atoms with Crippen LogP contribution in [0.1, 0.15) is 12.0 Å². The van der Waals surface area contributed by atoms with Gasteiger partial charge in [-0.3, -0.25) is 9.80 Å². The third kappa shape index (κ3) is 4.42. The third-order valence-corrected chi connectivity index (χ3v) is 6.28. The molecule has 2 unspecified atom stereocenters. The Hall–Kier alpha value is -2.92. The summed E-state index contributed by atoms with van der Waals surface area (Å²) in [6, 6.07) is 25.8. The maximum atomic E-state index is 10.7. The van der Waals surface area contributed by atoms with Gasteiger partial charge in [-0.15, -0.1) is 0 Å². The van der Waals surface area contributed by atoms with Crippen LogP contribution >= 0.6 is 0 Å².